The van der Waals surface area contributed by atoms with Crippen LogP contribution in [-0.4, -0.2) is 50.2 Å². The van der Waals surface area contributed by atoms with E-state index in [0.29, 0.717) is 17.3 Å². The van der Waals surface area contributed by atoms with Gasteiger partial charge in [-0.1, -0.05) is 19.4 Å². The monoisotopic (exact) mass is 344 g/mol. The fourth-order valence-corrected chi connectivity index (χ4v) is 5.39. The zero-order valence-corrected chi connectivity index (χ0v) is 14.8. The Labute approximate surface area is 137 Å². The van der Waals surface area contributed by atoms with Crippen LogP contribution in [0.4, 0.5) is 0 Å². The second-order valence-electron chi connectivity index (χ2n) is 5.75. The van der Waals surface area contributed by atoms with Crippen molar-refractivity contribution in [1.82, 2.24) is 9.21 Å². The van der Waals surface area contributed by atoms with Gasteiger partial charge in [-0.05, 0) is 30.7 Å². The van der Waals surface area contributed by atoms with Crippen molar-refractivity contribution in [3.8, 4) is 0 Å². The highest BCUT2D eigenvalue weighted by Crippen LogP contribution is 2.27. The molecule has 1 aromatic heterocycles. The van der Waals surface area contributed by atoms with Gasteiger partial charge in [-0.25, -0.2) is 8.42 Å². The van der Waals surface area contributed by atoms with E-state index >= 15 is 0 Å². The fraction of sp³-hybridized carbons (Fsp3) is 0.667. The molecule has 0 N–H and O–H groups in total. The summed E-state index contributed by atoms with van der Waals surface area (Å²) in [6.07, 6.45) is 3.53. The van der Waals surface area contributed by atoms with E-state index in [0.717, 1.165) is 32.2 Å². The highest BCUT2D eigenvalue weighted by Gasteiger charge is 2.34. The van der Waals surface area contributed by atoms with Crippen molar-refractivity contribution in [2.45, 2.75) is 36.8 Å². The van der Waals surface area contributed by atoms with Crippen LogP contribution >= 0.6 is 11.3 Å². The van der Waals surface area contributed by atoms with Gasteiger partial charge in [0.05, 0.1) is 5.92 Å². The van der Waals surface area contributed by atoms with Gasteiger partial charge in [-0.15, -0.1) is 11.3 Å². The van der Waals surface area contributed by atoms with Crippen LogP contribution in [0.1, 0.15) is 32.6 Å². The van der Waals surface area contributed by atoms with E-state index in [1.54, 1.807) is 22.4 Å². The fourth-order valence-electron chi connectivity index (χ4n) is 2.72. The van der Waals surface area contributed by atoms with Gasteiger partial charge < -0.3 is 4.90 Å². The van der Waals surface area contributed by atoms with Crippen LogP contribution in [0.5, 0.6) is 0 Å². The molecule has 5 nitrogen and oxygen atoms in total. The average Bonchev–Trinajstić information content (AvgIpc) is 3.07. The molecule has 1 atom stereocenters. The van der Waals surface area contributed by atoms with Crippen molar-refractivity contribution in [3.05, 3.63) is 17.5 Å². The van der Waals surface area contributed by atoms with Gasteiger partial charge in [0.15, 0.2) is 0 Å². The number of rotatable bonds is 6. The lowest BCUT2D eigenvalue weighted by atomic mass is 9.98. The summed E-state index contributed by atoms with van der Waals surface area (Å²) in [6.45, 7) is 3.63. The maximum Gasteiger partial charge on any atom is 0.252 e. The third kappa shape index (κ3) is 3.88. The standard InChI is InChI=1S/C15H24N2O3S2/c1-3-4-9-16(2)15(18)13-7-5-10-17(12-13)22(19,20)14-8-6-11-21-14/h6,8,11,13H,3-5,7,9-10,12H2,1-2H3. The number of amides is 1. The number of unbranched alkanes of at least 4 members (excludes halogenated alkanes) is 1. The third-order valence-corrected chi connectivity index (χ3v) is 7.28. The Balaban J connectivity index is 2.04. The summed E-state index contributed by atoms with van der Waals surface area (Å²) in [7, 11) is -1.64. The Morgan fingerprint density at radius 3 is 2.91 bits per heavy atom. The lowest BCUT2D eigenvalue weighted by Gasteiger charge is -2.33. The largest absolute Gasteiger partial charge is 0.345 e. The van der Waals surface area contributed by atoms with E-state index in [2.05, 4.69) is 6.92 Å². The molecule has 1 unspecified atom stereocenters. The molecule has 1 aliphatic heterocycles. The first-order valence-corrected chi connectivity index (χ1v) is 10.1. The highest BCUT2D eigenvalue weighted by molar-refractivity contribution is 7.91. The first-order chi connectivity index (χ1) is 10.5. The van der Waals surface area contributed by atoms with Gasteiger partial charge >= 0.3 is 0 Å². The molecule has 1 aliphatic rings. The summed E-state index contributed by atoms with van der Waals surface area (Å²) >= 11 is 1.23. The molecule has 1 saturated heterocycles. The number of sulfonamides is 1. The van der Waals surface area contributed by atoms with Crippen LogP contribution < -0.4 is 0 Å². The van der Waals surface area contributed by atoms with Crippen molar-refractivity contribution in [2.75, 3.05) is 26.7 Å². The minimum Gasteiger partial charge on any atom is -0.345 e. The van der Waals surface area contributed by atoms with Crippen LogP contribution in [-0.2, 0) is 14.8 Å². The SMILES string of the molecule is CCCCN(C)C(=O)C1CCCN(S(=O)(=O)c2cccs2)C1. The number of hydrogen-bond donors (Lipinski definition) is 0. The average molecular weight is 345 g/mol. The molecule has 0 bridgehead atoms. The van der Waals surface area contributed by atoms with Crippen molar-refractivity contribution in [2.24, 2.45) is 5.92 Å². The van der Waals surface area contributed by atoms with Crippen LogP contribution in [0.2, 0.25) is 0 Å². The number of nitrogens with zero attached hydrogens (tertiary/aromatic N) is 2. The lowest BCUT2D eigenvalue weighted by Crippen LogP contribution is -2.45. The van der Waals surface area contributed by atoms with E-state index in [1.807, 2.05) is 7.05 Å². The zero-order chi connectivity index (χ0) is 16.2. The second-order valence-corrected chi connectivity index (χ2v) is 8.86. The maximum atomic E-state index is 12.6. The molecule has 1 aromatic rings. The third-order valence-electron chi connectivity index (χ3n) is 4.05. The number of carbonyl (C=O) groups excluding carboxylic acids is 1. The van der Waals surface area contributed by atoms with Crippen molar-refractivity contribution in [1.29, 1.82) is 0 Å². The van der Waals surface area contributed by atoms with Crippen LogP contribution in [0, 0.1) is 5.92 Å². The molecule has 0 aliphatic carbocycles. The molecular weight excluding hydrogens is 320 g/mol. The van der Waals surface area contributed by atoms with Crippen LogP contribution in [0.3, 0.4) is 0 Å². The van der Waals surface area contributed by atoms with E-state index in [1.165, 1.54) is 15.6 Å². The zero-order valence-electron chi connectivity index (χ0n) is 13.2. The summed E-state index contributed by atoms with van der Waals surface area (Å²) in [5.41, 5.74) is 0. The Morgan fingerprint density at radius 1 is 1.50 bits per heavy atom. The molecule has 1 fully saturated rings. The molecule has 124 valence electrons. The van der Waals surface area contributed by atoms with Gasteiger partial charge in [0.2, 0.25) is 5.91 Å². The van der Waals surface area contributed by atoms with Crippen molar-refractivity contribution < 1.29 is 13.2 Å². The van der Waals surface area contributed by atoms with Crippen LogP contribution in [0.15, 0.2) is 21.7 Å². The first-order valence-electron chi connectivity index (χ1n) is 7.75. The van der Waals surface area contributed by atoms with Gasteiger partial charge in [-0.3, -0.25) is 4.79 Å². The number of thiophene rings is 1. The van der Waals surface area contributed by atoms with E-state index in [4.69, 9.17) is 0 Å². The molecule has 1 amide bonds. The van der Waals surface area contributed by atoms with Gasteiger partial charge in [-0.2, -0.15) is 4.31 Å². The van der Waals surface area contributed by atoms with Gasteiger partial charge in [0.25, 0.3) is 10.0 Å². The molecule has 2 heterocycles. The molecule has 2 rings (SSSR count). The summed E-state index contributed by atoms with van der Waals surface area (Å²) in [6, 6.07) is 3.36. The maximum absolute atomic E-state index is 12.6. The molecule has 0 spiro atoms. The molecule has 0 radical (unpaired) electrons. The highest BCUT2D eigenvalue weighted by atomic mass is 32.2. The quantitative estimate of drug-likeness (QED) is 0.796. The van der Waals surface area contributed by atoms with Crippen molar-refractivity contribution in [3.63, 3.8) is 0 Å². The van der Waals surface area contributed by atoms with E-state index < -0.39 is 10.0 Å². The summed E-state index contributed by atoms with van der Waals surface area (Å²) < 4.78 is 27.0. The predicted octanol–water partition coefficient (Wildman–Crippen LogP) is 2.41. The van der Waals surface area contributed by atoms with Crippen molar-refractivity contribution >= 4 is 27.3 Å². The Kier molecular flexibility index (Phi) is 6.00. The molecule has 22 heavy (non-hydrogen) atoms. The van der Waals surface area contributed by atoms with Crippen LogP contribution in [0.25, 0.3) is 0 Å². The molecule has 7 heteroatoms. The van der Waals surface area contributed by atoms with Gasteiger partial charge in [0.1, 0.15) is 4.21 Å². The predicted molar refractivity (Wildman–Crippen MR) is 88.3 cm³/mol. The molecular formula is C15H24N2O3S2. The number of carbonyl (C=O) groups is 1. The summed E-state index contributed by atoms with van der Waals surface area (Å²) in [5, 5.41) is 1.76. The minimum atomic E-state index is -3.45. The smallest absolute Gasteiger partial charge is 0.252 e. The van der Waals surface area contributed by atoms with E-state index in [9.17, 15) is 13.2 Å². The normalized spacial score (nSPS) is 20.0. The Hall–Kier alpha value is -0.920. The summed E-state index contributed by atoms with van der Waals surface area (Å²) in [4.78, 5) is 14.2. The Morgan fingerprint density at radius 2 is 2.27 bits per heavy atom. The number of piperidine rings is 1. The molecule has 0 saturated carbocycles. The van der Waals surface area contributed by atoms with E-state index in [-0.39, 0.29) is 11.8 Å². The van der Waals surface area contributed by atoms with Gasteiger partial charge in [0, 0.05) is 26.7 Å². The Bertz CT molecular complexity index is 584. The topological polar surface area (TPSA) is 57.7 Å². The lowest BCUT2D eigenvalue weighted by molar-refractivity contribution is -0.135. The second kappa shape index (κ2) is 7.57. The molecule has 0 aromatic carbocycles. The first kappa shape index (κ1) is 17.4. The number of hydrogen-bond acceptors (Lipinski definition) is 4. The summed E-state index contributed by atoms with van der Waals surface area (Å²) in [5.74, 6) is -0.148. The minimum absolute atomic E-state index is 0.0690.